The third kappa shape index (κ3) is 3.79. The van der Waals surface area contributed by atoms with Gasteiger partial charge in [-0.05, 0) is 36.1 Å². The molecule has 1 atom stereocenters. The first kappa shape index (κ1) is 19.7. The number of carbonyl (C=O) groups excluding carboxylic acids is 1. The summed E-state index contributed by atoms with van der Waals surface area (Å²) in [5.41, 5.74) is 4.13. The lowest BCUT2D eigenvalue weighted by Crippen LogP contribution is -2.23. The first-order chi connectivity index (χ1) is 14.6. The Morgan fingerprint density at radius 3 is 2.40 bits per heavy atom. The number of pyridine rings is 1. The van der Waals surface area contributed by atoms with Gasteiger partial charge in [0.05, 0.1) is 0 Å². The fourth-order valence-electron chi connectivity index (χ4n) is 3.96. The monoisotopic (exact) mass is 399 g/mol. The van der Waals surface area contributed by atoms with Gasteiger partial charge < -0.3 is 14.9 Å². The van der Waals surface area contributed by atoms with Crippen LogP contribution in [0.15, 0.2) is 77.7 Å². The van der Waals surface area contributed by atoms with Gasteiger partial charge >= 0.3 is 0 Å². The van der Waals surface area contributed by atoms with E-state index < -0.39 is 0 Å². The summed E-state index contributed by atoms with van der Waals surface area (Å²) in [7, 11) is 1.75. The van der Waals surface area contributed by atoms with Crippen LogP contribution in [0.3, 0.4) is 0 Å². The van der Waals surface area contributed by atoms with E-state index in [1.54, 1.807) is 17.7 Å². The number of amides is 1. The highest BCUT2D eigenvalue weighted by molar-refractivity contribution is 5.98. The van der Waals surface area contributed by atoms with E-state index in [-0.39, 0.29) is 17.4 Å². The van der Waals surface area contributed by atoms with Crippen molar-refractivity contribution in [3.8, 4) is 0 Å². The second-order valence-electron chi connectivity index (χ2n) is 7.48. The van der Waals surface area contributed by atoms with Gasteiger partial charge in [0.2, 0.25) is 0 Å². The van der Waals surface area contributed by atoms with E-state index in [0.29, 0.717) is 17.8 Å². The number of carbonyl (C=O) groups is 1. The fourth-order valence-corrected chi connectivity index (χ4v) is 3.96. The summed E-state index contributed by atoms with van der Waals surface area (Å²) in [6.45, 7) is 2.40. The summed E-state index contributed by atoms with van der Waals surface area (Å²) >= 11 is 0. The number of nitrogens with one attached hydrogen (secondary N) is 2. The van der Waals surface area contributed by atoms with Crippen LogP contribution in [0.4, 0.5) is 0 Å². The number of nitrogens with zero attached hydrogens (tertiary/aromatic N) is 1. The molecule has 0 aliphatic heterocycles. The molecular formula is C25H25N3O2. The van der Waals surface area contributed by atoms with Gasteiger partial charge in [-0.25, -0.2) is 0 Å². The Balaban J connectivity index is 1.91. The maximum absolute atomic E-state index is 12.8. The average molecular weight is 399 g/mol. The van der Waals surface area contributed by atoms with Crippen molar-refractivity contribution >= 4 is 16.8 Å². The molecule has 0 spiro atoms. The highest BCUT2D eigenvalue weighted by Crippen LogP contribution is 2.33. The molecule has 0 aliphatic carbocycles. The van der Waals surface area contributed by atoms with Crippen LogP contribution in [-0.4, -0.2) is 22.0 Å². The van der Waals surface area contributed by atoms with Crippen molar-refractivity contribution in [2.75, 3.05) is 6.54 Å². The van der Waals surface area contributed by atoms with Crippen molar-refractivity contribution in [1.82, 2.24) is 14.9 Å². The van der Waals surface area contributed by atoms with Crippen molar-refractivity contribution in [2.45, 2.75) is 19.3 Å². The van der Waals surface area contributed by atoms with Gasteiger partial charge in [0, 0.05) is 31.1 Å². The molecule has 0 saturated heterocycles. The number of aromatic nitrogens is 2. The Labute approximate surface area is 175 Å². The first-order valence-electron chi connectivity index (χ1n) is 10.2. The summed E-state index contributed by atoms with van der Waals surface area (Å²) < 4.78 is 1.59. The highest BCUT2D eigenvalue weighted by atomic mass is 16.2. The Bertz CT molecular complexity index is 1220. The number of aromatic amines is 1. The number of benzene rings is 2. The third-order valence-electron chi connectivity index (χ3n) is 5.44. The zero-order valence-corrected chi connectivity index (χ0v) is 17.2. The molecule has 0 aliphatic rings. The molecule has 152 valence electrons. The largest absolute Gasteiger partial charge is 0.351 e. The van der Waals surface area contributed by atoms with E-state index in [0.717, 1.165) is 17.4 Å². The van der Waals surface area contributed by atoms with E-state index in [9.17, 15) is 9.59 Å². The van der Waals surface area contributed by atoms with Crippen LogP contribution in [0.2, 0.25) is 0 Å². The van der Waals surface area contributed by atoms with Crippen LogP contribution >= 0.6 is 0 Å². The second-order valence-corrected chi connectivity index (χ2v) is 7.48. The number of hydrogen-bond donors (Lipinski definition) is 2. The molecule has 0 saturated carbocycles. The molecule has 1 amide bonds. The first-order valence-corrected chi connectivity index (χ1v) is 10.2. The van der Waals surface area contributed by atoms with Crippen molar-refractivity contribution in [2.24, 2.45) is 7.05 Å². The molecule has 2 aromatic carbocycles. The van der Waals surface area contributed by atoms with Crippen molar-refractivity contribution in [1.29, 1.82) is 0 Å². The summed E-state index contributed by atoms with van der Waals surface area (Å²) in [6, 6.07) is 22.4. The van der Waals surface area contributed by atoms with Crippen LogP contribution in [0.25, 0.3) is 10.9 Å². The van der Waals surface area contributed by atoms with Gasteiger partial charge in [0.1, 0.15) is 11.2 Å². The third-order valence-corrected chi connectivity index (χ3v) is 5.44. The molecule has 5 nitrogen and oxygen atoms in total. The van der Waals surface area contributed by atoms with E-state index in [1.165, 1.54) is 11.1 Å². The maximum atomic E-state index is 12.8. The SMILES string of the molecule is CCNC(=O)c1cc2c(C(Cc3ccccc3)c3ccccc3)cn(C)c(=O)c2[nH]1. The minimum atomic E-state index is -0.207. The van der Waals surface area contributed by atoms with Crippen molar-refractivity contribution < 1.29 is 4.79 Å². The van der Waals surface area contributed by atoms with Crippen molar-refractivity contribution in [3.05, 3.63) is 106 Å². The summed E-state index contributed by atoms with van der Waals surface area (Å²) in [5.74, 6) is -0.165. The van der Waals surface area contributed by atoms with Crippen LogP contribution in [0, 0.1) is 0 Å². The predicted molar refractivity (Wildman–Crippen MR) is 120 cm³/mol. The van der Waals surface area contributed by atoms with E-state index >= 15 is 0 Å². The summed E-state index contributed by atoms with van der Waals surface area (Å²) in [6.07, 6.45) is 2.69. The van der Waals surface area contributed by atoms with Gasteiger partial charge in [-0.15, -0.1) is 0 Å². The molecule has 0 fully saturated rings. The van der Waals surface area contributed by atoms with Gasteiger partial charge in [0.15, 0.2) is 0 Å². The number of fused-ring (bicyclic) bond motifs is 1. The molecule has 2 heterocycles. The summed E-state index contributed by atoms with van der Waals surface area (Å²) in [5, 5.41) is 3.59. The zero-order valence-electron chi connectivity index (χ0n) is 17.2. The smallest absolute Gasteiger partial charge is 0.274 e. The van der Waals surface area contributed by atoms with Gasteiger partial charge in [-0.2, -0.15) is 0 Å². The molecule has 0 bridgehead atoms. The predicted octanol–water partition coefficient (Wildman–Crippen LogP) is 3.99. The average Bonchev–Trinajstić information content (AvgIpc) is 3.22. The highest BCUT2D eigenvalue weighted by Gasteiger charge is 2.22. The molecule has 5 heteroatoms. The van der Waals surface area contributed by atoms with Gasteiger partial charge in [-0.1, -0.05) is 60.7 Å². The second kappa shape index (κ2) is 8.41. The molecule has 2 N–H and O–H groups in total. The Kier molecular flexibility index (Phi) is 5.53. The quantitative estimate of drug-likeness (QED) is 0.515. The number of H-pyrrole nitrogens is 1. The minimum absolute atomic E-state index is 0.0424. The number of hydrogen-bond acceptors (Lipinski definition) is 2. The molecular weight excluding hydrogens is 374 g/mol. The Morgan fingerprint density at radius 1 is 1.07 bits per heavy atom. The van der Waals surface area contributed by atoms with E-state index in [4.69, 9.17) is 0 Å². The van der Waals surface area contributed by atoms with Crippen molar-refractivity contribution in [3.63, 3.8) is 0 Å². The lowest BCUT2D eigenvalue weighted by atomic mass is 9.85. The maximum Gasteiger partial charge on any atom is 0.274 e. The van der Waals surface area contributed by atoms with E-state index in [2.05, 4.69) is 34.6 Å². The topological polar surface area (TPSA) is 66.9 Å². The molecule has 30 heavy (non-hydrogen) atoms. The van der Waals surface area contributed by atoms with Gasteiger partial charge in [-0.3, -0.25) is 9.59 Å². The molecule has 4 aromatic rings. The van der Waals surface area contributed by atoms with Crippen LogP contribution in [0.5, 0.6) is 0 Å². The number of aryl methyl sites for hydroxylation is 1. The molecule has 4 rings (SSSR count). The van der Waals surface area contributed by atoms with Gasteiger partial charge in [0.25, 0.3) is 11.5 Å². The number of rotatable bonds is 6. The zero-order chi connectivity index (χ0) is 21.1. The Morgan fingerprint density at radius 2 is 1.73 bits per heavy atom. The molecule has 0 radical (unpaired) electrons. The van der Waals surface area contributed by atoms with E-state index in [1.807, 2.05) is 49.5 Å². The Hall–Kier alpha value is -3.60. The lowest BCUT2D eigenvalue weighted by Gasteiger charge is -2.20. The van der Waals surface area contributed by atoms with Crippen LogP contribution in [0.1, 0.15) is 40.0 Å². The minimum Gasteiger partial charge on any atom is -0.351 e. The summed E-state index contributed by atoms with van der Waals surface area (Å²) in [4.78, 5) is 28.2. The lowest BCUT2D eigenvalue weighted by molar-refractivity contribution is 0.0951. The normalized spacial score (nSPS) is 12.1. The standard InChI is InChI=1S/C25H25N3O2/c1-3-26-24(29)22-15-20-21(16-28(2)25(30)23(20)27-22)19(18-12-8-5-9-13-18)14-17-10-6-4-7-11-17/h4-13,15-16,19,27H,3,14H2,1-2H3,(H,26,29). The fraction of sp³-hybridized carbons (Fsp3) is 0.200. The molecule has 2 aromatic heterocycles. The van der Waals surface area contributed by atoms with Crippen LogP contribution in [-0.2, 0) is 13.5 Å². The van der Waals surface area contributed by atoms with Crippen LogP contribution < -0.4 is 10.9 Å². The molecule has 1 unspecified atom stereocenters.